The first-order valence-electron chi connectivity index (χ1n) is 4.88. The summed E-state index contributed by atoms with van der Waals surface area (Å²) in [5, 5.41) is 11.1. The molecular weight excluding hydrogens is 306 g/mol. The Hall–Kier alpha value is -1.01. The van der Waals surface area contributed by atoms with E-state index < -0.39 is 12.0 Å². The van der Waals surface area contributed by atoms with E-state index in [1.54, 1.807) is 0 Å². The van der Waals surface area contributed by atoms with Crippen LogP contribution in [0, 0.1) is 0 Å². The second-order valence-electron chi connectivity index (χ2n) is 3.32. The Labute approximate surface area is 112 Å². The molecule has 4 nitrogen and oxygen atoms in total. The second-order valence-corrected chi connectivity index (χ2v) is 5.26. The van der Waals surface area contributed by atoms with Crippen LogP contribution in [0.4, 0.5) is 0 Å². The first-order chi connectivity index (χ1) is 8.13. The van der Waals surface area contributed by atoms with Gasteiger partial charge in [-0.25, -0.2) is 4.79 Å². The van der Waals surface area contributed by atoms with E-state index >= 15 is 0 Å². The molecule has 17 heavy (non-hydrogen) atoms. The molecule has 0 saturated carbocycles. The third-order valence-corrected chi connectivity index (χ3v) is 3.67. The Bertz CT molecular complexity index is 383. The van der Waals surface area contributed by atoms with Gasteiger partial charge in [-0.2, -0.15) is 11.8 Å². The molecule has 6 heteroatoms. The largest absolute Gasteiger partial charge is 0.480 e. The van der Waals surface area contributed by atoms with Crippen LogP contribution in [0.3, 0.4) is 0 Å². The van der Waals surface area contributed by atoms with E-state index in [-0.39, 0.29) is 0 Å². The highest BCUT2D eigenvalue weighted by Gasteiger charge is 2.15. The fourth-order valence-corrected chi connectivity index (χ4v) is 2.43. The van der Waals surface area contributed by atoms with Crippen molar-refractivity contribution in [3.63, 3.8) is 0 Å². The number of aliphatic carboxylic acids is 1. The minimum atomic E-state index is -1.01. The van der Waals surface area contributed by atoms with E-state index in [1.807, 2.05) is 24.3 Å². The lowest BCUT2D eigenvalue weighted by atomic mass is 10.2. The third kappa shape index (κ3) is 5.23. The quantitative estimate of drug-likeness (QED) is 0.754. The SMILES string of the molecule is O=CNC(CSCc1ccc(Br)cc1)C(=O)O. The average Bonchev–Trinajstić information content (AvgIpc) is 2.30. The maximum atomic E-state index is 10.7. The lowest BCUT2D eigenvalue weighted by Gasteiger charge is -2.10. The van der Waals surface area contributed by atoms with Crippen LogP contribution in [0.25, 0.3) is 0 Å². The van der Waals surface area contributed by atoms with Gasteiger partial charge in [0.15, 0.2) is 0 Å². The minimum absolute atomic E-state index is 0.351. The van der Waals surface area contributed by atoms with Gasteiger partial charge in [-0.15, -0.1) is 0 Å². The van der Waals surface area contributed by atoms with Crippen molar-refractivity contribution in [3.05, 3.63) is 34.3 Å². The first-order valence-corrected chi connectivity index (χ1v) is 6.83. The Kier molecular flexibility index (Phi) is 6.07. The standard InChI is InChI=1S/C11H12BrNO3S/c12-9-3-1-8(2-4-9)5-17-6-10(11(15)16)13-7-14/h1-4,7,10H,5-6H2,(H,13,14)(H,15,16). The number of carbonyl (C=O) groups is 2. The van der Waals surface area contributed by atoms with Crippen molar-refractivity contribution in [2.45, 2.75) is 11.8 Å². The van der Waals surface area contributed by atoms with Crippen LogP contribution in [-0.4, -0.2) is 29.3 Å². The molecule has 1 amide bonds. The zero-order valence-electron chi connectivity index (χ0n) is 8.93. The lowest BCUT2D eigenvalue weighted by Crippen LogP contribution is -2.37. The van der Waals surface area contributed by atoms with E-state index in [0.717, 1.165) is 15.8 Å². The zero-order chi connectivity index (χ0) is 12.7. The molecular formula is C11H12BrNO3S. The molecule has 0 saturated heterocycles. The second kappa shape index (κ2) is 7.34. The molecule has 0 aliphatic rings. The lowest BCUT2D eigenvalue weighted by molar-refractivity contribution is -0.139. The number of rotatable bonds is 7. The monoisotopic (exact) mass is 317 g/mol. The van der Waals surface area contributed by atoms with Crippen LogP contribution in [0.5, 0.6) is 0 Å². The maximum absolute atomic E-state index is 10.7. The molecule has 0 radical (unpaired) electrons. The summed E-state index contributed by atoms with van der Waals surface area (Å²) in [6.07, 6.45) is 0.416. The van der Waals surface area contributed by atoms with Gasteiger partial charge >= 0.3 is 5.97 Å². The molecule has 1 unspecified atom stereocenters. The van der Waals surface area contributed by atoms with E-state index in [1.165, 1.54) is 11.8 Å². The van der Waals surface area contributed by atoms with E-state index in [4.69, 9.17) is 5.11 Å². The van der Waals surface area contributed by atoms with Crippen LogP contribution in [0.15, 0.2) is 28.7 Å². The number of thioether (sulfide) groups is 1. The third-order valence-electron chi connectivity index (χ3n) is 2.03. The summed E-state index contributed by atoms with van der Waals surface area (Å²) in [6, 6.07) is 7.00. The maximum Gasteiger partial charge on any atom is 0.327 e. The Morgan fingerprint density at radius 1 is 1.47 bits per heavy atom. The van der Waals surface area contributed by atoms with Crippen molar-refractivity contribution < 1.29 is 14.7 Å². The first kappa shape index (κ1) is 14.1. The van der Waals surface area contributed by atoms with Gasteiger partial charge in [0.25, 0.3) is 0 Å². The predicted octanol–water partition coefficient (Wildman–Crippen LogP) is 1.88. The summed E-state index contributed by atoms with van der Waals surface area (Å²) in [4.78, 5) is 20.9. The molecule has 1 aromatic carbocycles. The summed E-state index contributed by atoms with van der Waals surface area (Å²) >= 11 is 4.81. The van der Waals surface area contributed by atoms with Crippen LogP contribution in [0.2, 0.25) is 0 Å². The van der Waals surface area contributed by atoms with E-state index in [2.05, 4.69) is 21.2 Å². The predicted molar refractivity (Wildman–Crippen MR) is 70.9 cm³/mol. The topological polar surface area (TPSA) is 66.4 Å². The highest BCUT2D eigenvalue weighted by molar-refractivity contribution is 9.10. The molecule has 0 heterocycles. The summed E-state index contributed by atoms with van der Waals surface area (Å²) < 4.78 is 1.01. The normalized spacial score (nSPS) is 11.8. The molecule has 0 fully saturated rings. The highest BCUT2D eigenvalue weighted by Crippen LogP contribution is 2.16. The van der Waals surface area contributed by atoms with Gasteiger partial charge in [-0.1, -0.05) is 28.1 Å². The Balaban J connectivity index is 2.37. The van der Waals surface area contributed by atoms with Gasteiger partial charge in [0.1, 0.15) is 6.04 Å². The number of amides is 1. The summed E-state index contributed by atoms with van der Waals surface area (Å²) in [5.41, 5.74) is 1.12. The average molecular weight is 318 g/mol. The van der Waals surface area contributed by atoms with Gasteiger partial charge in [-0.05, 0) is 17.7 Å². The number of carboxylic acid groups (broad SMARTS) is 1. The molecule has 92 valence electrons. The summed E-state index contributed by atoms with van der Waals surface area (Å²) in [7, 11) is 0. The van der Waals surface area contributed by atoms with Crippen LogP contribution in [0.1, 0.15) is 5.56 Å². The van der Waals surface area contributed by atoms with Crippen LogP contribution < -0.4 is 5.32 Å². The molecule has 2 N–H and O–H groups in total. The van der Waals surface area contributed by atoms with Crippen molar-refractivity contribution in [2.75, 3.05) is 5.75 Å². The molecule has 1 atom stereocenters. The fourth-order valence-electron chi connectivity index (χ4n) is 1.15. The van der Waals surface area contributed by atoms with Crippen molar-refractivity contribution >= 4 is 40.1 Å². The number of carbonyl (C=O) groups excluding carboxylic acids is 1. The number of hydrogen-bond acceptors (Lipinski definition) is 3. The smallest absolute Gasteiger partial charge is 0.327 e. The van der Waals surface area contributed by atoms with Crippen molar-refractivity contribution in [1.29, 1.82) is 0 Å². The van der Waals surface area contributed by atoms with Gasteiger partial charge < -0.3 is 10.4 Å². The molecule has 1 aromatic rings. The van der Waals surface area contributed by atoms with Crippen molar-refractivity contribution in [3.8, 4) is 0 Å². The van der Waals surface area contributed by atoms with Gasteiger partial charge in [0.05, 0.1) is 0 Å². The number of halogens is 1. The number of carboxylic acids is 1. The number of hydrogen-bond donors (Lipinski definition) is 2. The van der Waals surface area contributed by atoms with Gasteiger partial charge in [-0.3, -0.25) is 4.79 Å². The number of nitrogens with one attached hydrogen (secondary N) is 1. The van der Waals surface area contributed by atoms with Gasteiger partial charge in [0, 0.05) is 16.0 Å². The molecule has 0 aliphatic carbocycles. The zero-order valence-corrected chi connectivity index (χ0v) is 11.3. The highest BCUT2D eigenvalue weighted by atomic mass is 79.9. The summed E-state index contributed by atoms with van der Waals surface area (Å²) in [6.45, 7) is 0. The molecule has 0 spiro atoms. The van der Waals surface area contributed by atoms with E-state index in [9.17, 15) is 9.59 Å². The molecule has 0 aromatic heterocycles. The molecule has 0 aliphatic heterocycles. The molecule has 1 rings (SSSR count). The number of benzene rings is 1. The van der Waals surface area contributed by atoms with Crippen molar-refractivity contribution in [1.82, 2.24) is 5.32 Å². The van der Waals surface area contributed by atoms with Crippen LogP contribution in [-0.2, 0) is 15.3 Å². The Morgan fingerprint density at radius 3 is 2.65 bits per heavy atom. The molecule has 0 bridgehead atoms. The van der Waals surface area contributed by atoms with Crippen LogP contribution >= 0.6 is 27.7 Å². The van der Waals surface area contributed by atoms with Gasteiger partial charge in [0.2, 0.25) is 6.41 Å². The Morgan fingerprint density at radius 2 is 2.12 bits per heavy atom. The minimum Gasteiger partial charge on any atom is -0.480 e. The summed E-state index contributed by atoms with van der Waals surface area (Å²) in [5.74, 6) is 0.0577. The van der Waals surface area contributed by atoms with E-state index in [0.29, 0.717) is 12.2 Å². The van der Waals surface area contributed by atoms with Crippen molar-refractivity contribution in [2.24, 2.45) is 0 Å². The fraction of sp³-hybridized carbons (Fsp3) is 0.273.